The van der Waals surface area contributed by atoms with E-state index < -0.39 is 5.97 Å². The van der Waals surface area contributed by atoms with E-state index in [2.05, 4.69) is 0 Å². The first-order valence-electron chi connectivity index (χ1n) is 6.33. The number of likely N-dealkylation sites (tertiary alicyclic amines) is 1. The third kappa shape index (κ3) is 3.17. The molecule has 0 bridgehead atoms. The second-order valence-electron chi connectivity index (χ2n) is 4.70. The van der Waals surface area contributed by atoms with Gasteiger partial charge >= 0.3 is 5.97 Å². The molecule has 20 heavy (non-hydrogen) atoms. The maximum absolute atomic E-state index is 12.3. The van der Waals surface area contributed by atoms with Gasteiger partial charge in [-0.25, -0.2) is 0 Å². The molecule has 1 heterocycles. The van der Waals surface area contributed by atoms with Gasteiger partial charge in [-0.3, -0.25) is 19.3 Å². The van der Waals surface area contributed by atoms with Crippen molar-refractivity contribution in [1.29, 1.82) is 0 Å². The van der Waals surface area contributed by atoms with E-state index in [9.17, 15) is 14.4 Å². The summed E-state index contributed by atoms with van der Waals surface area (Å²) in [6.45, 7) is 0. The second kappa shape index (κ2) is 6.05. The zero-order valence-electron chi connectivity index (χ0n) is 10.7. The van der Waals surface area contributed by atoms with Crippen molar-refractivity contribution in [3.05, 3.63) is 34.9 Å². The molecule has 1 saturated heterocycles. The van der Waals surface area contributed by atoms with E-state index in [1.165, 1.54) is 4.90 Å². The highest BCUT2D eigenvalue weighted by Crippen LogP contribution is 2.25. The molecule has 1 aliphatic heterocycles. The summed E-state index contributed by atoms with van der Waals surface area (Å²) in [4.78, 5) is 36.0. The Labute approximate surface area is 121 Å². The van der Waals surface area contributed by atoms with Crippen LogP contribution in [0.4, 0.5) is 0 Å². The number of carboxylic acids is 1. The average molecular weight is 296 g/mol. The highest BCUT2D eigenvalue weighted by molar-refractivity contribution is 6.30. The minimum atomic E-state index is -0.928. The summed E-state index contributed by atoms with van der Waals surface area (Å²) < 4.78 is 0. The summed E-state index contributed by atoms with van der Waals surface area (Å²) in [7, 11) is 0. The molecule has 1 fully saturated rings. The van der Waals surface area contributed by atoms with Gasteiger partial charge in [0, 0.05) is 29.5 Å². The zero-order valence-corrected chi connectivity index (χ0v) is 11.5. The Morgan fingerprint density at radius 2 is 1.95 bits per heavy atom. The van der Waals surface area contributed by atoms with Gasteiger partial charge in [0.2, 0.25) is 5.91 Å². The molecule has 0 radical (unpaired) electrons. The highest BCUT2D eigenvalue weighted by Gasteiger charge is 2.36. The number of carbonyl (C=O) groups is 3. The van der Waals surface area contributed by atoms with Crippen molar-refractivity contribution in [3.8, 4) is 0 Å². The summed E-state index contributed by atoms with van der Waals surface area (Å²) in [5.74, 6) is -1.57. The van der Waals surface area contributed by atoms with E-state index in [1.54, 1.807) is 24.3 Å². The van der Waals surface area contributed by atoms with Gasteiger partial charge < -0.3 is 5.11 Å². The number of rotatable bonds is 4. The lowest BCUT2D eigenvalue weighted by atomic mass is 10.1. The lowest BCUT2D eigenvalue weighted by Crippen LogP contribution is -2.38. The van der Waals surface area contributed by atoms with Crippen molar-refractivity contribution in [1.82, 2.24) is 4.90 Å². The molecule has 1 aromatic rings. The number of halogens is 1. The monoisotopic (exact) mass is 295 g/mol. The number of benzene rings is 1. The van der Waals surface area contributed by atoms with Crippen LogP contribution in [-0.4, -0.2) is 33.8 Å². The van der Waals surface area contributed by atoms with Crippen LogP contribution >= 0.6 is 11.6 Å². The van der Waals surface area contributed by atoms with Crippen LogP contribution in [0.25, 0.3) is 0 Å². The molecule has 2 amide bonds. The Bertz CT molecular complexity index is 541. The fraction of sp³-hybridized carbons (Fsp3) is 0.357. The summed E-state index contributed by atoms with van der Waals surface area (Å²) >= 11 is 5.76. The van der Waals surface area contributed by atoms with E-state index in [-0.39, 0.29) is 30.7 Å². The van der Waals surface area contributed by atoms with Gasteiger partial charge in [-0.1, -0.05) is 11.6 Å². The molecule has 6 heteroatoms. The normalized spacial score (nSPS) is 18.4. The lowest BCUT2D eigenvalue weighted by molar-refractivity contribution is -0.137. The molecule has 2 rings (SSSR count). The quantitative estimate of drug-likeness (QED) is 0.865. The van der Waals surface area contributed by atoms with E-state index in [4.69, 9.17) is 16.7 Å². The number of nitrogens with zero attached hydrogens (tertiary/aromatic N) is 1. The van der Waals surface area contributed by atoms with Crippen molar-refractivity contribution < 1.29 is 19.5 Å². The Morgan fingerprint density at radius 3 is 2.55 bits per heavy atom. The van der Waals surface area contributed by atoms with Crippen LogP contribution in [-0.2, 0) is 9.59 Å². The number of carboxylic acid groups (broad SMARTS) is 1. The largest absolute Gasteiger partial charge is 0.481 e. The Kier molecular flexibility index (Phi) is 4.39. The van der Waals surface area contributed by atoms with Crippen molar-refractivity contribution in [2.45, 2.75) is 31.7 Å². The van der Waals surface area contributed by atoms with Gasteiger partial charge in [0.25, 0.3) is 5.91 Å². The molecular formula is C14H14ClNO4. The van der Waals surface area contributed by atoms with Crippen LogP contribution in [0.3, 0.4) is 0 Å². The van der Waals surface area contributed by atoms with E-state index in [1.807, 2.05) is 0 Å². The van der Waals surface area contributed by atoms with Crippen LogP contribution < -0.4 is 0 Å². The van der Waals surface area contributed by atoms with Gasteiger partial charge in [0.05, 0.1) is 0 Å². The minimum absolute atomic E-state index is 0.0532. The van der Waals surface area contributed by atoms with Gasteiger partial charge in [0.15, 0.2) is 0 Å². The minimum Gasteiger partial charge on any atom is -0.481 e. The molecule has 1 unspecified atom stereocenters. The van der Waals surface area contributed by atoms with E-state index in [0.717, 1.165) is 0 Å². The molecule has 5 nitrogen and oxygen atoms in total. The van der Waals surface area contributed by atoms with Gasteiger partial charge in [-0.2, -0.15) is 0 Å². The first-order valence-corrected chi connectivity index (χ1v) is 6.70. The maximum Gasteiger partial charge on any atom is 0.303 e. The molecule has 1 N–H and O–H groups in total. The lowest BCUT2D eigenvalue weighted by Gasteiger charge is -2.22. The predicted molar refractivity (Wildman–Crippen MR) is 72.5 cm³/mol. The molecule has 0 aliphatic carbocycles. The number of aliphatic carboxylic acids is 1. The van der Waals surface area contributed by atoms with Gasteiger partial charge in [-0.15, -0.1) is 0 Å². The molecule has 0 saturated carbocycles. The molecule has 1 aliphatic rings. The van der Waals surface area contributed by atoms with E-state index in [0.29, 0.717) is 23.4 Å². The van der Waals surface area contributed by atoms with Crippen LogP contribution in [0, 0.1) is 0 Å². The Morgan fingerprint density at radius 1 is 1.30 bits per heavy atom. The third-order valence-corrected chi connectivity index (χ3v) is 3.58. The van der Waals surface area contributed by atoms with Crippen molar-refractivity contribution >= 4 is 29.4 Å². The van der Waals surface area contributed by atoms with Gasteiger partial charge in [0.1, 0.15) is 0 Å². The maximum atomic E-state index is 12.3. The summed E-state index contributed by atoms with van der Waals surface area (Å²) in [6.07, 6.45) is 1.04. The first kappa shape index (κ1) is 14.5. The molecule has 1 atom stereocenters. The van der Waals surface area contributed by atoms with Crippen LogP contribution in [0.2, 0.25) is 5.02 Å². The first-order chi connectivity index (χ1) is 9.49. The van der Waals surface area contributed by atoms with Crippen molar-refractivity contribution in [2.24, 2.45) is 0 Å². The molecular weight excluding hydrogens is 282 g/mol. The fourth-order valence-electron chi connectivity index (χ4n) is 2.32. The number of carbonyl (C=O) groups excluding carboxylic acids is 2. The standard InChI is InChI=1S/C14H14ClNO4/c15-10-3-1-9(2-4-10)14(20)16-11(5-7-12(16)17)6-8-13(18)19/h1-4,11H,5-8H2,(H,18,19). The SMILES string of the molecule is O=C(O)CCC1CCC(=O)N1C(=O)c1ccc(Cl)cc1. The van der Waals surface area contributed by atoms with Gasteiger partial charge in [-0.05, 0) is 37.1 Å². The summed E-state index contributed by atoms with van der Waals surface area (Å²) in [5, 5.41) is 9.22. The third-order valence-electron chi connectivity index (χ3n) is 3.33. The Hall–Kier alpha value is -1.88. The number of hydrogen-bond donors (Lipinski definition) is 1. The summed E-state index contributed by atoms with van der Waals surface area (Å²) in [5.41, 5.74) is 0.380. The number of hydrogen-bond acceptors (Lipinski definition) is 3. The molecule has 106 valence electrons. The number of amides is 2. The van der Waals surface area contributed by atoms with Crippen molar-refractivity contribution in [2.75, 3.05) is 0 Å². The Balaban J connectivity index is 2.14. The summed E-state index contributed by atoms with van der Waals surface area (Å²) in [6, 6.07) is 5.96. The molecule has 0 spiro atoms. The zero-order chi connectivity index (χ0) is 14.7. The van der Waals surface area contributed by atoms with Crippen LogP contribution in [0.1, 0.15) is 36.0 Å². The fourth-order valence-corrected chi connectivity index (χ4v) is 2.44. The second-order valence-corrected chi connectivity index (χ2v) is 5.14. The van der Waals surface area contributed by atoms with Crippen LogP contribution in [0.15, 0.2) is 24.3 Å². The average Bonchev–Trinajstić information content (AvgIpc) is 2.77. The predicted octanol–water partition coefficient (Wildman–Crippen LogP) is 2.34. The van der Waals surface area contributed by atoms with E-state index >= 15 is 0 Å². The number of imide groups is 1. The smallest absolute Gasteiger partial charge is 0.303 e. The highest BCUT2D eigenvalue weighted by atomic mass is 35.5. The van der Waals surface area contributed by atoms with Crippen molar-refractivity contribution in [3.63, 3.8) is 0 Å². The molecule has 1 aromatic carbocycles. The topological polar surface area (TPSA) is 74.7 Å². The molecule has 0 aromatic heterocycles. The van der Waals surface area contributed by atoms with Crippen LogP contribution in [0.5, 0.6) is 0 Å².